The number of halogens is 2. The highest BCUT2D eigenvalue weighted by Crippen LogP contribution is 2.10. The molecule has 0 radical (unpaired) electrons. The minimum Gasteiger partial charge on any atom is -0.328 e. The summed E-state index contributed by atoms with van der Waals surface area (Å²) in [5, 5.41) is 0. The van der Waals surface area contributed by atoms with Crippen LogP contribution in [0.3, 0.4) is 0 Å². The van der Waals surface area contributed by atoms with Gasteiger partial charge in [0.15, 0.2) is 0 Å². The molecule has 0 aliphatic heterocycles. The van der Waals surface area contributed by atoms with Crippen LogP contribution in [0.2, 0.25) is 0 Å². The average Bonchev–Trinajstić information content (AvgIpc) is 2.27. The molecule has 0 aliphatic carbocycles. The first-order chi connectivity index (χ1) is 8.49. The molecule has 0 aromatic heterocycles. The van der Waals surface area contributed by atoms with Crippen LogP contribution < -0.4 is 5.73 Å². The monoisotopic (exact) mass is 256 g/mol. The largest absolute Gasteiger partial charge is 0.328 e. The van der Waals surface area contributed by atoms with Crippen LogP contribution in [-0.4, -0.2) is 31.1 Å². The van der Waals surface area contributed by atoms with Gasteiger partial charge in [-0.15, -0.1) is 0 Å². The van der Waals surface area contributed by atoms with E-state index in [-0.39, 0.29) is 6.04 Å². The van der Waals surface area contributed by atoms with E-state index in [2.05, 4.69) is 4.90 Å². The second kappa shape index (κ2) is 7.44. The molecule has 4 heteroatoms. The van der Waals surface area contributed by atoms with Gasteiger partial charge in [-0.3, -0.25) is 0 Å². The molecule has 18 heavy (non-hydrogen) atoms. The van der Waals surface area contributed by atoms with Gasteiger partial charge in [0, 0.05) is 18.7 Å². The fourth-order valence-corrected chi connectivity index (χ4v) is 1.83. The first-order valence-electron chi connectivity index (χ1n) is 6.37. The molecule has 0 fully saturated rings. The van der Waals surface area contributed by atoms with Gasteiger partial charge in [-0.05, 0) is 51.4 Å². The van der Waals surface area contributed by atoms with Crippen molar-refractivity contribution in [1.29, 1.82) is 0 Å². The molecule has 1 unspecified atom stereocenters. The number of nitrogens with zero attached hydrogens (tertiary/aromatic N) is 1. The highest BCUT2D eigenvalue weighted by molar-refractivity contribution is 5.18. The summed E-state index contributed by atoms with van der Waals surface area (Å²) in [6.45, 7) is 3.71. The maximum atomic E-state index is 13.4. The average molecular weight is 256 g/mol. The zero-order valence-electron chi connectivity index (χ0n) is 11.1. The lowest BCUT2D eigenvalue weighted by Gasteiger charge is -2.17. The third-order valence-electron chi connectivity index (χ3n) is 2.98. The summed E-state index contributed by atoms with van der Waals surface area (Å²) in [5.41, 5.74) is 6.24. The molecule has 2 N–H and O–H groups in total. The van der Waals surface area contributed by atoms with Crippen LogP contribution >= 0.6 is 0 Å². The molecule has 0 saturated carbocycles. The highest BCUT2D eigenvalue weighted by Gasteiger charge is 2.05. The van der Waals surface area contributed by atoms with Gasteiger partial charge in [0.1, 0.15) is 11.6 Å². The van der Waals surface area contributed by atoms with Gasteiger partial charge in [-0.1, -0.05) is 6.07 Å². The first kappa shape index (κ1) is 15.1. The van der Waals surface area contributed by atoms with Crippen molar-refractivity contribution < 1.29 is 8.78 Å². The topological polar surface area (TPSA) is 29.3 Å². The number of benzene rings is 1. The van der Waals surface area contributed by atoms with Crippen molar-refractivity contribution in [3.63, 3.8) is 0 Å². The van der Waals surface area contributed by atoms with Crippen LogP contribution in [0.1, 0.15) is 25.3 Å². The predicted molar refractivity (Wildman–Crippen MR) is 70.4 cm³/mol. The van der Waals surface area contributed by atoms with Crippen molar-refractivity contribution in [3.05, 3.63) is 35.4 Å². The Hall–Kier alpha value is -1.00. The molecular formula is C14H22F2N2. The van der Waals surface area contributed by atoms with Gasteiger partial charge in [0.2, 0.25) is 0 Å². The van der Waals surface area contributed by atoms with E-state index in [1.54, 1.807) is 0 Å². The molecule has 1 rings (SSSR count). The van der Waals surface area contributed by atoms with Gasteiger partial charge < -0.3 is 10.6 Å². The second-order valence-electron chi connectivity index (χ2n) is 4.91. The lowest BCUT2D eigenvalue weighted by Crippen LogP contribution is -2.24. The van der Waals surface area contributed by atoms with Crippen LogP contribution in [0.25, 0.3) is 0 Å². The predicted octanol–water partition coefficient (Wildman–Crippen LogP) is 2.57. The van der Waals surface area contributed by atoms with Crippen LogP contribution in [0, 0.1) is 11.6 Å². The van der Waals surface area contributed by atoms with Crippen molar-refractivity contribution in [2.75, 3.05) is 20.1 Å². The van der Waals surface area contributed by atoms with Gasteiger partial charge in [0.05, 0.1) is 0 Å². The Labute approximate surface area is 108 Å². The molecule has 0 amide bonds. The fraction of sp³-hybridized carbons (Fsp3) is 0.571. The Balaban J connectivity index is 2.31. The van der Waals surface area contributed by atoms with Gasteiger partial charge in [-0.25, -0.2) is 8.78 Å². The smallest absolute Gasteiger partial charge is 0.129 e. The van der Waals surface area contributed by atoms with E-state index in [1.807, 2.05) is 14.0 Å². The van der Waals surface area contributed by atoms with E-state index < -0.39 is 11.6 Å². The van der Waals surface area contributed by atoms with Crippen molar-refractivity contribution in [3.8, 4) is 0 Å². The molecule has 1 aromatic rings. The zero-order valence-corrected chi connectivity index (χ0v) is 11.1. The quantitative estimate of drug-likeness (QED) is 0.812. The lowest BCUT2D eigenvalue weighted by molar-refractivity contribution is 0.324. The highest BCUT2D eigenvalue weighted by atomic mass is 19.1. The summed E-state index contributed by atoms with van der Waals surface area (Å²) in [7, 11) is 2.00. The molecule has 2 nitrogen and oxygen atoms in total. The van der Waals surface area contributed by atoms with E-state index in [9.17, 15) is 8.78 Å². The molecule has 0 bridgehead atoms. The Morgan fingerprint density at radius 2 is 2.00 bits per heavy atom. The third kappa shape index (κ3) is 5.56. The summed E-state index contributed by atoms with van der Waals surface area (Å²) >= 11 is 0. The van der Waals surface area contributed by atoms with Gasteiger partial charge in [0.25, 0.3) is 0 Å². The van der Waals surface area contributed by atoms with Gasteiger partial charge in [-0.2, -0.15) is 0 Å². The number of likely N-dealkylation sites (N-methyl/N-ethyl adjacent to an activating group) is 1. The molecule has 1 aromatic carbocycles. The number of hydrogen-bond donors (Lipinski definition) is 1. The Bertz CT molecular complexity index is 367. The molecule has 102 valence electrons. The second-order valence-corrected chi connectivity index (χ2v) is 4.91. The molecule has 0 heterocycles. The maximum Gasteiger partial charge on any atom is 0.129 e. The number of hydrogen-bond acceptors (Lipinski definition) is 2. The lowest BCUT2D eigenvalue weighted by atomic mass is 10.1. The van der Waals surface area contributed by atoms with Crippen molar-refractivity contribution in [1.82, 2.24) is 4.90 Å². The summed E-state index contributed by atoms with van der Waals surface area (Å²) in [6.07, 6.45) is 2.64. The molecule has 0 saturated heterocycles. The summed E-state index contributed by atoms with van der Waals surface area (Å²) in [5.74, 6) is -0.986. The zero-order chi connectivity index (χ0) is 13.5. The molecule has 1 atom stereocenters. The minimum absolute atomic E-state index is 0.230. The Kier molecular flexibility index (Phi) is 6.22. The third-order valence-corrected chi connectivity index (χ3v) is 2.98. The van der Waals surface area contributed by atoms with Crippen molar-refractivity contribution in [2.45, 2.75) is 32.2 Å². The van der Waals surface area contributed by atoms with Crippen LogP contribution in [0.4, 0.5) is 8.78 Å². The van der Waals surface area contributed by atoms with E-state index in [1.165, 1.54) is 12.1 Å². The van der Waals surface area contributed by atoms with Crippen LogP contribution in [0.15, 0.2) is 18.2 Å². The van der Waals surface area contributed by atoms with E-state index in [0.717, 1.165) is 32.0 Å². The van der Waals surface area contributed by atoms with Gasteiger partial charge >= 0.3 is 0 Å². The van der Waals surface area contributed by atoms with E-state index in [0.29, 0.717) is 12.0 Å². The molecular weight excluding hydrogens is 234 g/mol. The Morgan fingerprint density at radius 1 is 1.28 bits per heavy atom. The first-order valence-corrected chi connectivity index (χ1v) is 6.37. The summed E-state index contributed by atoms with van der Waals surface area (Å²) < 4.78 is 26.1. The molecule has 0 aliphatic rings. The van der Waals surface area contributed by atoms with Crippen LogP contribution in [-0.2, 0) is 6.42 Å². The summed E-state index contributed by atoms with van der Waals surface area (Å²) in [6, 6.07) is 3.98. The standard InChI is InChI=1S/C14H22F2N2/c1-11(17)4-3-8-18(2)9-7-12-5-6-13(15)10-14(12)16/h5-6,10-11H,3-4,7-9,17H2,1-2H3. The van der Waals surface area contributed by atoms with Crippen molar-refractivity contribution in [2.24, 2.45) is 5.73 Å². The molecule has 0 spiro atoms. The number of nitrogens with two attached hydrogens (primary N) is 1. The van der Waals surface area contributed by atoms with E-state index in [4.69, 9.17) is 5.73 Å². The maximum absolute atomic E-state index is 13.4. The SMILES string of the molecule is CC(N)CCCN(C)CCc1ccc(F)cc1F. The van der Waals surface area contributed by atoms with Crippen molar-refractivity contribution >= 4 is 0 Å². The fourth-order valence-electron chi connectivity index (χ4n) is 1.83. The Morgan fingerprint density at radius 3 is 2.61 bits per heavy atom. The number of rotatable bonds is 7. The minimum atomic E-state index is -0.526. The summed E-state index contributed by atoms with van der Waals surface area (Å²) in [4.78, 5) is 2.14. The normalized spacial score (nSPS) is 13.0. The van der Waals surface area contributed by atoms with E-state index >= 15 is 0 Å². The van der Waals surface area contributed by atoms with Crippen LogP contribution in [0.5, 0.6) is 0 Å².